The van der Waals surface area contributed by atoms with Crippen LogP contribution in [0.3, 0.4) is 0 Å². The van der Waals surface area contributed by atoms with E-state index in [4.69, 9.17) is 0 Å². The molecule has 5 nitrogen and oxygen atoms in total. The number of imidazole rings is 1. The molecule has 5 aliphatic rings. The fourth-order valence-corrected chi connectivity index (χ4v) is 12.2. The van der Waals surface area contributed by atoms with E-state index in [0.717, 1.165) is 51.4 Å². The third-order valence-corrected chi connectivity index (χ3v) is 14.4. The lowest BCUT2D eigenvalue weighted by Gasteiger charge is -2.73. The molecule has 0 bridgehead atoms. The third-order valence-electron chi connectivity index (χ3n) is 14.4. The molecule has 2 N–H and O–H groups in total. The number of rotatable bonds is 3. The second-order valence-corrected chi connectivity index (χ2v) is 15.3. The summed E-state index contributed by atoms with van der Waals surface area (Å²) in [4.78, 5) is 18.4. The van der Waals surface area contributed by atoms with Crippen molar-refractivity contribution in [1.29, 1.82) is 0 Å². The number of aromatic nitrogens is 2. The van der Waals surface area contributed by atoms with E-state index in [9.17, 15) is 15.0 Å². The van der Waals surface area contributed by atoms with Gasteiger partial charge in [-0.15, -0.1) is 0 Å². The molecule has 210 valence electrons. The highest BCUT2D eigenvalue weighted by molar-refractivity contribution is 5.86. The Hall–Kier alpha value is -1.46. The van der Waals surface area contributed by atoms with Gasteiger partial charge in [-0.25, -0.2) is 4.98 Å². The molecule has 5 saturated carbocycles. The van der Waals surface area contributed by atoms with Gasteiger partial charge in [0, 0.05) is 17.8 Å². The van der Waals surface area contributed by atoms with Crippen LogP contribution in [0.1, 0.15) is 104 Å². The topological polar surface area (TPSA) is 75.4 Å². The molecule has 1 aromatic rings. The van der Waals surface area contributed by atoms with Crippen LogP contribution in [0.15, 0.2) is 30.9 Å². The summed E-state index contributed by atoms with van der Waals surface area (Å²) in [6, 6.07) is 0. The first-order valence-electron chi connectivity index (χ1n) is 15.4. The standard InChI is InChI=1S/C33H50N2O3/c1-21(2)22-9-14-33(28(38)35-18-17-34-20-35)16-15-31(5)23(27(22)33)7-8-25-29(3)12-11-26(37)30(4,19-36)24(29)10-13-32(25,31)6/h17-18,20,22-27,36-37H,1,7-16,19H2,2-6H3/t22-,23?,24?,25?,26-,27?,29-,30-,31+,32+,33-/m0/s1. The Kier molecular flexibility index (Phi) is 6.00. The molecule has 38 heavy (non-hydrogen) atoms. The summed E-state index contributed by atoms with van der Waals surface area (Å²) in [6.07, 6.45) is 15.4. The van der Waals surface area contributed by atoms with Crippen molar-refractivity contribution in [3.05, 3.63) is 30.9 Å². The molecule has 5 fully saturated rings. The number of aliphatic hydroxyl groups excluding tert-OH is 2. The van der Waals surface area contributed by atoms with E-state index < -0.39 is 11.5 Å². The highest BCUT2D eigenvalue weighted by atomic mass is 16.3. The molecule has 5 aliphatic carbocycles. The predicted molar refractivity (Wildman–Crippen MR) is 149 cm³/mol. The van der Waals surface area contributed by atoms with Crippen LogP contribution >= 0.6 is 0 Å². The second-order valence-electron chi connectivity index (χ2n) is 15.3. The summed E-state index contributed by atoms with van der Waals surface area (Å²) >= 11 is 0. The maximum atomic E-state index is 14.2. The summed E-state index contributed by atoms with van der Waals surface area (Å²) in [7, 11) is 0. The average Bonchev–Trinajstić information content (AvgIpc) is 3.56. The van der Waals surface area contributed by atoms with Crippen LogP contribution in [0.4, 0.5) is 0 Å². The molecule has 0 amide bonds. The van der Waals surface area contributed by atoms with Crippen LogP contribution in [-0.4, -0.2) is 38.4 Å². The smallest absolute Gasteiger partial charge is 0.238 e. The van der Waals surface area contributed by atoms with E-state index in [1.54, 1.807) is 17.1 Å². The Morgan fingerprint density at radius 1 is 0.974 bits per heavy atom. The molecule has 0 aromatic carbocycles. The van der Waals surface area contributed by atoms with Crippen molar-refractivity contribution in [2.45, 2.75) is 105 Å². The Bertz CT molecular complexity index is 1120. The molecule has 5 heteroatoms. The van der Waals surface area contributed by atoms with E-state index in [1.165, 1.54) is 18.4 Å². The van der Waals surface area contributed by atoms with Crippen molar-refractivity contribution in [3.8, 4) is 0 Å². The molecule has 6 rings (SSSR count). The Balaban J connectivity index is 1.41. The monoisotopic (exact) mass is 522 g/mol. The fourth-order valence-electron chi connectivity index (χ4n) is 12.2. The molecule has 0 radical (unpaired) electrons. The third kappa shape index (κ3) is 3.12. The zero-order valence-corrected chi connectivity index (χ0v) is 24.4. The minimum atomic E-state index is -0.416. The van der Waals surface area contributed by atoms with Gasteiger partial charge in [0.05, 0.1) is 18.1 Å². The summed E-state index contributed by atoms with van der Waals surface area (Å²) in [5.41, 5.74) is 0.999. The molecule has 1 aromatic heterocycles. The lowest BCUT2D eigenvalue weighted by Crippen LogP contribution is -2.67. The van der Waals surface area contributed by atoms with Crippen LogP contribution < -0.4 is 0 Å². The zero-order valence-electron chi connectivity index (χ0n) is 24.4. The van der Waals surface area contributed by atoms with Crippen LogP contribution in [-0.2, 0) is 0 Å². The number of hydrogen-bond donors (Lipinski definition) is 2. The van der Waals surface area contributed by atoms with E-state index >= 15 is 0 Å². The van der Waals surface area contributed by atoms with Gasteiger partial charge in [0.1, 0.15) is 6.33 Å². The minimum Gasteiger partial charge on any atom is -0.396 e. The molecular formula is C33H50N2O3. The van der Waals surface area contributed by atoms with Crippen LogP contribution in [0.2, 0.25) is 0 Å². The molecule has 11 atom stereocenters. The molecule has 0 aliphatic heterocycles. The van der Waals surface area contributed by atoms with Gasteiger partial charge in [-0.2, -0.15) is 0 Å². The number of allylic oxidation sites excluding steroid dienone is 1. The molecule has 4 unspecified atom stereocenters. The number of nitrogens with zero attached hydrogens (tertiary/aromatic N) is 2. The van der Waals surface area contributed by atoms with Crippen molar-refractivity contribution >= 4 is 5.91 Å². The van der Waals surface area contributed by atoms with Crippen LogP contribution in [0.25, 0.3) is 0 Å². The van der Waals surface area contributed by atoms with Gasteiger partial charge in [0.25, 0.3) is 0 Å². The first-order chi connectivity index (χ1) is 17.9. The lowest BCUT2D eigenvalue weighted by atomic mass is 9.32. The normalized spacial score (nSPS) is 51.9. The average molecular weight is 523 g/mol. The van der Waals surface area contributed by atoms with Crippen LogP contribution in [0.5, 0.6) is 0 Å². The number of hydrogen-bond acceptors (Lipinski definition) is 4. The summed E-state index contributed by atoms with van der Waals surface area (Å²) < 4.78 is 1.76. The minimum absolute atomic E-state index is 0.0684. The zero-order chi connectivity index (χ0) is 27.3. The molecule has 1 heterocycles. The van der Waals surface area contributed by atoms with Crippen molar-refractivity contribution in [2.24, 2.45) is 56.7 Å². The lowest BCUT2D eigenvalue weighted by molar-refractivity contribution is -0.251. The summed E-state index contributed by atoms with van der Waals surface area (Å²) in [6.45, 7) is 16.6. The molecular weight excluding hydrogens is 472 g/mol. The van der Waals surface area contributed by atoms with Gasteiger partial charge in [0.2, 0.25) is 5.91 Å². The number of fused-ring (bicyclic) bond motifs is 7. The van der Waals surface area contributed by atoms with Crippen LogP contribution in [0, 0.1) is 56.7 Å². The van der Waals surface area contributed by atoms with E-state index in [2.05, 4.69) is 46.2 Å². The number of carbonyl (C=O) groups is 1. The predicted octanol–water partition coefficient (Wildman–Crippen LogP) is 6.51. The molecule has 0 spiro atoms. The van der Waals surface area contributed by atoms with E-state index in [1.807, 2.05) is 6.20 Å². The Labute approximate surface area is 229 Å². The van der Waals surface area contributed by atoms with Gasteiger partial charge in [-0.1, -0.05) is 39.8 Å². The van der Waals surface area contributed by atoms with Crippen molar-refractivity contribution in [1.82, 2.24) is 9.55 Å². The first kappa shape index (κ1) is 26.7. The van der Waals surface area contributed by atoms with Gasteiger partial charge >= 0.3 is 0 Å². The Morgan fingerprint density at radius 2 is 1.74 bits per heavy atom. The van der Waals surface area contributed by atoms with Crippen molar-refractivity contribution in [2.75, 3.05) is 6.61 Å². The maximum Gasteiger partial charge on any atom is 0.238 e. The van der Waals surface area contributed by atoms with E-state index in [0.29, 0.717) is 29.6 Å². The highest BCUT2D eigenvalue weighted by Gasteiger charge is 2.72. The number of aliphatic hydroxyl groups is 2. The second kappa shape index (κ2) is 8.52. The van der Waals surface area contributed by atoms with Gasteiger partial charge in [-0.05, 0) is 117 Å². The van der Waals surface area contributed by atoms with E-state index in [-0.39, 0.29) is 34.2 Å². The van der Waals surface area contributed by atoms with Gasteiger partial charge < -0.3 is 10.2 Å². The highest BCUT2D eigenvalue weighted by Crippen LogP contribution is 2.77. The number of carbonyl (C=O) groups excluding carboxylic acids is 1. The first-order valence-corrected chi connectivity index (χ1v) is 15.4. The largest absolute Gasteiger partial charge is 0.396 e. The summed E-state index contributed by atoms with van der Waals surface area (Å²) in [5, 5.41) is 21.5. The Morgan fingerprint density at radius 3 is 2.39 bits per heavy atom. The quantitative estimate of drug-likeness (QED) is 0.444. The van der Waals surface area contributed by atoms with Gasteiger partial charge in [0.15, 0.2) is 0 Å². The fraction of sp³-hybridized carbons (Fsp3) is 0.818. The van der Waals surface area contributed by atoms with Crippen molar-refractivity contribution < 1.29 is 15.0 Å². The maximum absolute atomic E-state index is 14.2. The molecule has 0 saturated heterocycles. The SMILES string of the molecule is C=C(C)[C@@H]1CC[C@]2(C(=O)n3ccnc3)CC[C@]3(C)C(CCC4[C@@]5(C)CC[C@H](O)[C@@](C)(CO)C5CC[C@]43C)C12. The summed E-state index contributed by atoms with van der Waals surface area (Å²) in [5.74, 6) is 2.44. The van der Waals surface area contributed by atoms with Gasteiger partial charge in [-0.3, -0.25) is 9.36 Å². The van der Waals surface area contributed by atoms with Crippen molar-refractivity contribution in [3.63, 3.8) is 0 Å².